The van der Waals surface area contributed by atoms with Crippen LogP contribution in [0, 0.1) is 6.92 Å². The number of ether oxygens (including phenoxy) is 2. The molecule has 192 valence electrons. The molecule has 0 bridgehead atoms. The summed E-state index contributed by atoms with van der Waals surface area (Å²) < 4.78 is 19.0. The fourth-order valence-corrected chi connectivity index (χ4v) is 5.50. The number of aromatic nitrogens is 2. The molecule has 0 spiro atoms. The van der Waals surface area contributed by atoms with Gasteiger partial charge in [-0.3, -0.25) is 9.59 Å². The Morgan fingerprint density at radius 2 is 1.95 bits per heavy atom. The summed E-state index contributed by atoms with van der Waals surface area (Å²) in [6.07, 6.45) is 2.39. The maximum atomic E-state index is 13.3. The summed E-state index contributed by atoms with van der Waals surface area (Å²) in [5.41, 5.74) is 9.44. The standard InChI is InChI=1S/C28H30N4O5/c1-16-3-6-23-21(13-16)30-27(37-23)17-7-10-32(11-8-17)25-20-5-4-18(36-19-9-12-35-15-19)14-22(20)31(2)28(34)24(25)26(29)33/h3-6,13-14,17,19H,7-12,15H2,1-2H3,(H2,29,33). The first-order chi connectivity index (χ1) is 17.9. The monoisotopic (exact) mass is 502 g/mol. The third-order valence-corrected chi connectivity index (χ3v) is 7.50. The number of pyridine rings is 1. The molecular weight excluding hydrogens is 472 g/mol. The number of nitrogens with two attached hydrogens (primary N) is 1. The molecule has 1 atom stereocenters. The van der Waals surface area contributed by atoms with Gasteiger partial charge in [-0.2, -0.15) is 0 Å². The first kappa shape index (κ1) is 23.5. The molecule has 6 rings (SSSR count). The number of amides is 1. The Morgan fingerprint density at radius 3 is 2.68 bits per heavy atom. The third-order valence-electron chi connectivity index (χ3n) is 7.50. The van der Waals surface area contributed by atoms with Gasteiger partial charge in [-0.05, 0) is 49.6 Å². The van der Waals surface area contributed by atoms with Gasteiger partial charge in [0.2, 0.25) is 0 Å². The fourth-order valence-electron chi connectivity index (χ4n) is 5.50. The van der Waals surface area contributed by atoms with E-state index in [0.29, 0.717) is 43.3 Å². The molecule has 9 nitrogen and oxygen atoms in total. The number of fused-ring (bicyclic) bond motifs is 2. The Bertz CT molecular complexity index is 1560. The number of rotatable bonds is 5. The van der Waals surface area contributed by atoms with Crippen LogP contribution in [0.25, 0.3) is 22.0 Å². The van der Waals surface area contributed by atoms with E-state index >= 15 is 0 Å². The normalized spacial score (nSPS) is 18.6. The van der Waals surface area contributed by atoms with Crippen molar-refractivity contribution in [2.45, 2.75) is 38.2 Å². The lowest BCUT2D eigenvalue weighted by Gasteiger charge is -2.34. The summed E-state index contributed by atoms with van der Waals surface area (Å²) in [6, 6.07) is 11.7. The summed E-state index contributed by atoms with van der Waals surface area (Å²) in [7, 11) is 1.66. The highest BCUT2D eigenvalue weighted by Gasteiger charge is 2.30. The molecule has 37 heavy (non-hydrogen) atoms. The zero-order chi connectivity index (χ0) is 25.7. The summed E-state index contributed by atoms with van der Waals surface area (Å²) >= 11 is 0. The highest BCUT2D eigenvalue weighted by atomic mass is 16.5. The number of benzene rings is 2. The lowest BCUT2D eigenvalue weighted by atomic mass is 9.95. The van der Waals surface area contributed by atoms with Crippen molar-refractivity contribution < 1.29 is 18.7 Å². The number of nitrogens with zero attached hydrogens (tertiary/aromatic N) is 3. The van der Waals surface area contributed by atoms with Crippen LogP contribution in [-0.2, 0) is 11.8 Å². The van der Waals surface area contributed by atoms with Gasteiger partial charge in [0.05, 0.1) is 24.4 Å². The first-order valence-corrected chi connectivity index (χ1v) is 12.7. The molecule has 0 radical (unpaired) electrons. The number of piperidine rings is 1. The summed E-state index contributed by atoms with van der Waals surface area (Å²) in [5.74, 6) is 0.840. The Hall–Kier alpha value is -3.85. The van der Waals surface area contributed by atoms with Crippen molar-refractivity contribution in [2.24, 2.45) is 12.8 Å². The largest absolute Gasteiger partial charge is 0.488 e. The Labute approximate surface area is 213 Å². The summed E-state index contributed by atoms with van der Waals surface area (Å²) in [6.45, 7) is 4.56. The van der Waals surface area contributed by atoms with Crippen LogP contribution in [0.3, 0.4) is 0 Å². The molecule has 2 aromatic heterocycles. The molecule has 1 amide bonds. The smallest absolute Gasteiger partial charge is 0.265 e. The SMILES string of the molecule is Cc1ccc2oc(C3CCN(c4c(C(N)=O)c(=O)n(C)c5cc(OC6CCOC6)ccc45)CC3)nc2c1. The molecule has 2 aliphatic rings. The molecule has 2 fully saturated rings. The van der Waals surface area contributed by atoms with Gasteiger partial charge in [0.15, 0.2) is 11.5 Å². The number of hydrogen-bond acceptors (Lipinski definition) is 7. The van der Waals surface area contributed by atoms with Crippen molar-refractivity contribution in [3.63, 3.8) is 0 Å². The minimum atomic E-state index is -0.725. The molecular formula is C28H30N4O5. The third kappa shape index (κ3) is 4.23. The van der Waals surface area contributed by atoms with Crippen LogP contribution in [0.5, 0.6) is 5.75 Å². The summed E-state index contributed by atoms with van der Waals surface area (Å²) in [5, 5.41) is 0.793. The topological polar surface area (TPSA) is 113 Å². The zero-order valence-electron chi connectivity index (χ0n) is 21.0. The maximum absolute atomic E-state index is 13.3. The molecule has 0 aliphatic carbocycles. The van der Waals surface area contributed by atoms with Gasteiger partial charge in [-0.15, -0.1) is 0 Å². The van der Waals surface area contributed by atoms with Crippen LogP contribution < -0.4 is 20.9 Å². The van der Waals surface area contributed by atoms with Gasteiger partial charge in [0.1, 0.15) is 22.9 Å². The van der Waals surface area contributed by atoms with E-state index in [4.69, 9.17) is 24.6 Å². The lowest BCUT2D eigenvalue weighted by molar-refractivity contribution is 0.0999. The highest BCUT2D eigenvalue weighted by Crippen LogP contribution is 2.37. The molecule has 2 aliphatic heterocycles. The van der Waals surface area contributed by atoms with Crippen LogP contribution >= 0.6 is 0 Å². The van der Waals surface area contributed by atoms with Crippen LogP contribution in [0.4, 0.5) is 5.69 Å². The van der Waals surface area contributed by atoms with E-state index in [1.54, 1.807) is 7.05 Å². The number of carbonyl (C=O) groups excluding carboxylic acids is 1. The van der Waals surface area contributed by atoms with Crippen molar-refractivity contribution >= 4 is 33.6 Å². The minimum absolute atomic E-state index is 0.00589. The van der Waals surface area contributed by atoms with E-state index in [9.17, 15) is 9.59 Å². The number of primary amides is 1. The van der Waals surface area contributed by atoms with Crippen molar-refractivity contribution in [1.29, 1.82) is 0 Å². The van der Waals surface area contributed by atoms with Crippen LogP contribution in [0.1, 0.15) is 47.0 Å². The first-order valence-electron chi connectivity index (χ1n) is 12.7. The number of oxazole rings is 1. The van der Waals surface area contributed by atoms with Crippen molar-refractivity contribution in [1.82, 2.24) is 9.55 Å². The second kappa shape index (κ2) is 9.23. The second-order valence-corrected chi connectivity index (χ2v) is 10.0. The Morgan fingerprint density at radius 1 is 1.14 bits per heavy atom. The number of carbonyl (C=O) groups is 1. The van der Waals surface area contributed by atoms with E-state index in [2.05, 4.69) is 4.90 Å². The van der Waals surface area contributed by atoms with Gasteiger partial charge in [-0.25, -0.2) is 4.98 Å². The van der Waals surface area contributed by atoms with Crippen molar-refractivity contribution in [3.05, 3.63) is 63.8 Å². The van der Waals surface area contributed by atoms with Crippen LogP contribution in [0.2, 0.25) is 0 Å². The average molecular weight is 503 g/mol. The molecule has 9 heteroatoms. The predicted molar refractivity (Wildman–Crippen MR) is 140 cm³/mol. The molecule has 2 saturated heterocycles. The maximum Gasteiger partial charge on any atom is 0.265 e. The van der Waals surface area contributed by atoms with Crippen molar-refractivity contribution in [2.75, 3.05) is 31.2 Å². The van der Waals surface area contributed by atoms with Gasteiger partial charge >= 0.3 is 0 Å². The second-order valence-electron chi connectivity index (χ2n) is 10.0. The van der Waals surface area contributed by atoms with Gasteiger partial charge in [-0.1, -0.05) is 6.07 Å². The highest BCUT2D eigenvalue weighted by molar-refractivity contribution is 6.07. The quantitative estimate of drug-likeness (QED) is 0.443. The van der Waals surface area contributed by atoms with Gasteiger partial charge < -0.3 is 29.1 Å². The molecule has 4 aromatic rings. The lowest BCUT2D eigenvalue weighted by Crippen LogP contribution is -2.38. The fraction of sp³-hybridized carbons (Fsp3) is 0.393. The van der Waals surface area contributed by atoms with Gasteiger partial charge in [0.25, 0.3) is 11.5 Å². The van der Waals surface area contributed by atoms with E-state index in [0.717, 1.165) is 47.2 Å². The average Bonchev–Trinajstić information content (AvgIpc) is 3.55. The van der Waals surface area contributed by atoms with E-state index in [1.165, 1.54) is 4.57 Å². The Balaban J connectivity index is 1.33. The number of hydrogen-bond donors (Lipinski definition) is 1. The molecule has 0 saturated carbocycles. The Kier molecular flexibility index (Phi) is 5.87. The van der Waals surface area contributed by atoms with E-state index in [1.807, 2.05) is 43.3 Å². The predicted octanol–water partition coefficient (Wildman–Crippen LogP) is 3.64. The molecule has 1 unspecified atom stereocenters. The molecule has 2 aromatic carbocycles. The van der Waals surface area contributed by atoms with E-state index < -0.39 is 11.5 Å². The van der Waals surface area contributed by atoms with Crippen molar-refractivity contribution in [3.8, 4) is 5.75 Å². The summed E-state index contributed by atoms with van der Waals surface area (Å²) in [4.78, 5) is 32.6. The van der Waals surface area contributed by atoms with Gasteiger partial charge in [0, 0.05) is 43.9 Å². The number of aryl methyl sites for hydroxylation is 2. The molecule has 4 heterocycles. The van der Waals surface area contributed by atoms with Crippen LogP contribution in [0.15, 0.2) is 45.6 Å². The minimum Gasteiger partial charge on any atom is -0.488 e. The van der Waals surface area contributed by atoms with E-state index in [-0.39, 0.29) is 17.6 Å². The number of anilines is 1. The zero-order valence-corrected chi connectivity index (χ0v) is 21.0. The van der Waals surface area contributed by atoms with Crippen LogP contribution in [-0.4, -0.2) is 47.9 Å². The molecule has 2 N–H and O–H groups in total.